The molecule has 1 atom stereocenters. The summed E-state index contributed by atoms with van der Waals surface area (Å²) >= 11 is 0. The normalized spacial score (nSPS) is 24.6. The predicted molar refractivity (Wildman–Crippen MR) is 82.2 cm³/mol. The summed E-state index contributed by atoms with van der Waals surface area (Å²) in [6.07, 6.45) is 8.31. The SMILES string of the molecule is CC(C)c1ccn2cncc2c1C(O)C1CCC(O)CC1. The monoisotopic (exact) mass is 288 g/mol. The van der Waals surface area contributed by atoms with Gasteiger partial charge in [-0.25, -0.2) is 4.98 Å². The van der Waals surface area contributed by atoms with Crippen LogP contribution in [0, 0.1) is 5.92 Å². The number of pyridine rings is 1. The van der Waals surface area contributed by atoms with Crippen molar-refractivity contribution in [3.63, 3.8) is 0 Å². The molecule has 1 unspecified atom stereocenters. The number of aliphatic hydroxyl groups excluding tert-OH is 2. The van der Waals surface area contributed by atoms with Crippen molar-refractivity contribution in [2.24, 2.45) is 5.92 Å². The lowest BCUT2D eigenvalue weighted by atomic mass is 9.79. The summed E-state index contributed by atoms with van der Waals surface area (Å²) in [7, 11) is 0. The van der Waals surface area contributed by atoms with Gasteiger partial charge in [-0.3, -0.25) is 0 Å². The van der Waals surface area contributed by atoms with Crippen LogP contribution in [0.3, 0.4) is 0 Å². The van der Waals surface area contributed by atoms with E-state index in [9.17, 15) is 10.2 Å². The van der Waals surface area contributed by atoms with Gasteiger partial charge < -0.3 is 14.6 Å². The Morgan fingerprint density at radius 1 is 1.24 bits per heavy atom. The minimum Gasteiger partial charge on any atom is -0.393 e. The molecule has 1 saturated carbocycles. The maximum absolute atomic E-state index is 11.0. The molecule has 21 heavy (non-hydrogen) atoms. The number of imidazole rings is 1. The molecule has 0 radical (unpaired) electrons. The van der Waals surface area contributed by atoms with Gasteiger partial charge in [-0.05, 0) is 49.1 Å². The lowest BCUT2D eigenvalue weighted by Gasteiger charge is -2.31. The van der Waals surface area contributed by atoms with Gasteiger partial charge in [0.1, 0.15) is 0 Å². The van der Waals surface area contributed by atoms with Crippen molar-refractivity contribution in [2.45, 2.75) is 57.7 Å². The van der Waals surface area contributed by atoms with Gasteiger partial charge in [0.2, 0.25) is 0 Å². The Labute approximate surface area is 125 Å². The summed E-state index contributed by atoms with van der Waals surface area (Å²) < 4.78 is 1.97. The first-order valence-electron chi connectivity index (χ1n) is 7.88. The number of nitrogens with zero attached hydrogens (tertiary/aromatic N) is 2. The highest BCUT2D eigenvalue weighted by atomic mass is 16.3. The lowest BCUT2D eigenvalue weighted by Crippen LogP contribution is -2.24. The van der Waals surface area contributed by atoms with Crippen molar-refractivity contribution in [3.05, 3.63) is 35.9 Å². The van der Waals surface area contributed by atoms with Crippen LogP contribution in [0.4, 0.5) is 0 Å². The maximum atomic E-state index is 11.0. The number of fused-ring (bicyclic) bond motifs is 1. The Morgan fingerprint density at radius 2 is 1.95 bits per heavy atom. The zero-order chi connectivity index (χ0) is 15.0. The van der Waals surface area contributed by atoms with E-state index >= 15 is 0 Å². The maximum Gasteiger partial charge on any atom is 0.0992 e. The predicted octanol–water partition coefficient (Wildman–Crippen LogP) is 3.04. The molecule has 0 bridgehead atoms. The van der Waals surface area contributed by atoms with E-state index in [2.05, 4.69) is 24.9 Å². The molecule has 2 aromatic rings. The van der Waals surface area contributed by atoms with E-state index in [1.165, 1.54) is 5.56 Å². The molecule has 0 aliphatic heterocycles. The first kappa shape index (κ1) is 14.5. The minimum absolute atomic E-state index is 0.191. The molecular formula is C17H24N2O2. The third-order valence-electron chi connectivity index (χ3n) is 4.77. The fraction of sp³-hybridized carbons (Fsp3) is 0.588. The summed E-state index contributed by atoms with van der Waals surface area (Å²) in [6, 6.07) is 2.09. The van der Waals surface area contributed by atoms with E-state index in [0.717, 1.165) is 36.8 Å². The van der Waals surface area contributed by atoms with Crippen LogP contribution in [-0.4, -0.2) is 25.7 Å². The van der Waals surface area contributed by atoms with Crippen LogP contribution in [0.2, 0.25) is 0 Å². The second-order valence-corrected chi connectivity index (χ2v) is 6.54. The van der Waals surface area contributed by atoms with Gasteiger partial charge in [-0.1, -0.05) is 13.8 Å². The van der Waals surface area contributed by atoms with Crippen LogP contribution < -0.4 is 0 Å². The van der Waals surface area contributed by atoms with Crippen LogP contribution in [0.25, 0.3) is 5.52 Å². The van der Waals surface area contributed by atoms with Gasteiger partial charge >= 0.3 is 0 Å². The molecule has 0 amide bonds. The Hall–Kier alpha value is -1.39. The van der Waals surface area contributed by atoms with Gasteiger partial charge in [0.05, 0.1) is 30.2 Å². The number of aliphatic hydroxyl groups is 2. The minimum atomic E-state index is -0.477. The molecule has 2 N–H and O–H groups in total. The van der Waals surface area contributed by atoms with Crippen molar-refractivity contribution in [3.8, 4) is 0 Å². The molecular weight excluding hydrogens is 264 g/mol. The van der Waals surface area contributed by atoms with Gasteiger partial charge in [0.25, 0.3) is 0 Å². The molecule has 3 rings (SSSR count). The van der Waals surface area contributed by atoms with Crippen LogP contribution >= 0.6 is 0 Å². The second kappa shape index (κ2) is 5.78. The highest BCUT2D eigenvalue weighted by Crippen LogP contribution is 2.39. The summed E-state index contributed by atoms with van der Waals surface area (Å²) in [4.78, 5) is 4.21. The fourth-order valence-corrected chi connectivity index (χ4v) is 3.51. The van der Waals surface area contributed by atoms with Crippen LogP contribution in [0.15, 0.2) is 24.8 Å². The number of hydrogen-bond acceptors (Lipinski definition) is 3. The van der Waals surface area contributed by atoms with E-state index in [0.29, 0.717) is 5.92 Å². The molecule has 1 fully saturated rings. The largest absolute Gasteiger partial charge is 0.393 e. The smallest absolute Gasteiger partial charge is 0.0992 e. The second-order valence-electron chi connectivity index (χ2n) is 6.54. The topological polar surface area (TPSA) is 57.8 Å². The van der Waals surface area contributed by atoms with E-state index in [1.807, 2.05) is 16.8 Å². The van der Waals surface area contributed by atoms with E-state index in [-0.39, 0.29) is 12.0 Å². The first-order valence-corrected chi connectivity index (χ1v) is 7.88. The third kappa shape index (κ3) is 2.70. The van der Waals surface area contributed by atoms with Gasteiger partial charge in [0.15, 0.2) is 0 Å². The summed E-state index contributed by atoms with van der Waals surface area (Å²) in [6.45, 7) is 4.31. The average Bonchev–Trinajstić information content (AvgIpc) is 2.94. The van der Waals surface area contributed by atoms with Crippen molar-refractivity contribution in [1.82, 2.24) is 9.38 Å². The molecule has 1 aliphatic carbocycles. The molecule has 4 nitrogen and oxygen atoms in total. The molecule has 0 aromatic carbocycles. The Bertz CT molecular complexity index is 612. The van der Waals surface area contributed by atoms with Crippen LogP contribution in [0.1, 0.15) is 62.7 Å². The van der Waals surface area contributed by atoms with Crippen molar-refractivity contribution in [2.75, 3.05) is 0 Å². The zero-order valence-corrected chi connectivity index (χ0v) is 12.7. The van der Waals surface area contributed by atoms with Crippen LogP contribution in [-0.2, 0) is 0 Å². The quantitative estimate of drug-likeness (QED) is 0.912. The van der Waals surface area contributed by atoms with E-state index in [4.69, 9.17) is 0 Å². The molecule has 2 heterocycles. The molecule has 4 heteroatoms. The molecule has 114 valence electrons. The van der Waals surface area contributed by atoms with Crippen molar-refractivity contribution in [1.29, 1.82) is 0 Å². The van der Waals surface area contributed by atoms with Crippen LogP contribution in [0.5, 0.6) is 0 Å². The molecule has 2 aromatic heterocycles. The van der Waals surface area contributed by atoms with Crippen molar-refractivity contribution >= 4 is 5.52 Å². The molecule has 0 saturated heterocycles. The van der Waals surface area contributed by atoms with E-state index in [1.54, 1.807) is 6.33 Å². The number of aromatic nitrogens is 2. The standard InChI is InChI=1S/C17H24N2O2/c1-11(2)14-7-8-19-10-18-9-15(19)16(14)17(21)12-3-5-13(20)6-4-12/h7-13,17,20-21H,3-6H2,1-2H3. The molecule has 0 spiro atoms. The summed E-state index contributed by atoms with van der Waals surface area (Å²) in [5, 5.41) is 20.6. The lowest BCUT2D eigenvalue weighted by molar-refractivity contribution is 0.0414. The number of hydrogen-bond donors (Lipinski definition) is 2. The van der Waals surface area contributed by atoms with Crippen molar-refractivity contribution < 1.29 is 10.2 Å². The summed E-state index contributed by atoms with van der Waals surface area (Å²) in [5.41, 5.74) is 3.22. The van der Waals surface area contributed by atoms with Gasteiger partial charge in [-0.2, -0.15) is 0 Å². The highest BCUT2D eigenvalue weighted by molar-refractivity contribution is 5.58. The average molecular weight is 288 g/mol. The molecule has 1 aliphatic rings. The zero-order valence-electron chi connectivity index (χ0n) is 12.7. The summed E-state index contributed by atoms with van der Waals surface area (Å²) in [5.74, 6) is 0.593. The Balaban J connectivity index is 2.01. The van der Waals surface area contributed by atoms with E-state index < -0.39 is 6.10 Å². The van der Waals surface area contributed by atoms with Gasteiger partial charge in [0, 0.05) is 11.8 Å². The Morgan fingerprint density at radius 3 is 2.62 bits per heavy atom. The highest BCUT2D eigenvalue weighted by Gasteiger charge is 2.29. The third-order valence-corrected chi connectivity index (χ3v) is 4.77. The fourth-order valence-electron chi connectivity index (χ4n) is 3.51. The van der Waals surface area contributed by atoms with Gasteiger partial charge in [-0.15, -0.1) is 0 Å². The Kier molecular flexibility index (Phi) is 4.00. The first-order chi connectivity index (χ1) is 10.1. The number of rotatable bonds is 3.